The fourth-order valence-corrected chi connectivity index (χ4v) is 3.20. The van der Waals surface area contributed by atoms with Gasteiger partial charge in [-0.05, 0) is 25.0 Å². The van der Waals surface area contributed by atoms with E-state index in [4.69, 9.17) is 15.9 Å². The van der Waals surface area contributed by atoms with Gasteiger partial charge in [-0.3, -0.25) is 5.41 Å². The number of nitrogens with one attached hydrogen (secondary N) is 1. The predicted octanol–water partition coefficient (Wildman–Crippen LogP) is 2.52. The lowest BCUT2D eigenvalue weighted by molar-refractivity contribution is 0.127. The minimum atomic E-state index is -0.290. The highest BCUT2D eigenvalue weighted by Gasteiger charge is 2.24. The van der Waals surface area contributed by atoms with Crippen LogP contribution in [0.25, 0.3) is 0 Å². The van der Waals surface area contributed by atoms with Crippen LogP contribution in [0.3, 0.4) is 0 Å². The van der Waals surface area contributed by atoms with E-state index in [-0.39, 0.29) is 17.8 Å². The topological polar surface area (TPSA) is 59.1 Å². The second kappa shape index (κ2) is 5.71. The number of hydrogen-bond acceptors (Lipinski definition) is 3. The van der Waals surface area contributed by atoms with Gasteiger partial charge in [-0.1, -0.05) is 12.1 Å². The highest BCUT2D eigenvalue weighted by molar-refractivity contribution is 7.99. The summed E-state index contributed by atoms with van der Waals surface area (Å²) in [6, 6.07) is 4.72. The fourth-order valence-electron chi connectivity index (χ4n) is 1.96. The van der Waals surface area contributed by atoms with Crippen LogP contribution in [0.2, 0.25) is 0 Å². The van der Waals surface area contributed by atoms with Crippen LogP contribution in [-0.2, 0) is 10.5 Å². The molecule has 1 aromatic carbocycles. The molecule has 0 bridgehead atoms. The van der Waals surface area contributed by atoms with Crippen LogP contribution in [0.4, 0.5) is 4.39 Å². The van der Waals surface area contributed by atoms with Crippen LogP contribution >= 0.6 is 11.8 Å². The molecular weight excluding hydrogens is 251 g/mol. The number of thioether (sulfide) groups is 1. The molecule has 1 aromatic rings. The first kappa shape index (κ1) is 13.4. The summed E-state index contributed by atoms with van der Waals surface area (Å²) in [5, 5.41) is 7.70. The van der Waals surface area contributed by atoms with Gasteiger partial charge >= 0.3 is 0 Å². The molecule has 2 unspecified atom stereocenters. The summed E-state index contributed by atoms with van der Waals surface area (Å²) in [5.41, 5.74) is 6.41. The monoisotopic (exact) mass is 268 g/mol. The van der Waals surface area contributed by atoms with Gasteiger partial charge in [0.05, 0.1) is 6.10 Å². The third-order valence-corrected chi connectivity index (χ3v) is 4.65. The van der Waals surface area contributed by atoms with Crippen LogP contribution in [0.15, 0.2) is 18.2 Å². The number of hydrogen-bond donors (Lipinski definition) is 2. The van der Waals surface area contributed by atoms with E-state index < -0.39 is 0 Å². The normalized spacial score (nSPS) is 23.2. The van der Waals surface area contributed by atoms with E-state index in [9.17, 15) is 4.39 Å². The molecule has 3 nitrogen and oxygen atoms in total. The molecule has 0 radical (unpaired) electrons. The Morgan fingerprint density at radius 2 is 2.39 bits per heavy atom. The lowest BCUT2D eigenvalue weighted by Crippen LogP contribution is -2.14. The Morgan fingerprint density at radius 3 is 2.94 bits per heavy atom. The van der Waals surface area contributed by atoms with Crippen molar-refractivity contribution in [2.24, 2.45) is 5.73 Å². The van der Waals surface area contributed by atoms with E-state index in [0.29, 0.717) is 22.1 Å². The fraction of sp³-hybridized carbons (Fsp3) is 0.462. The first-order chi connectivity index (χ1) is 8.58. The van der Waals surface area contributed by atoms with Crippen molar-refractivity contribution in [2.75, 3.05) is 6.61 Å². The number of nitrogen functional groups attached to an aromatic ring is 1. The van der Waals surface area contributed by atoms with Gasteiger partial charge in [-0.15, -0.1) is 0 Å². The predicted molar refractivity (Wildman–Crippen MR) is 72.5 cm³/mol. The zero-order chi connectivity index (χ0) is 13.1. The highest BCUT2D eigenvalue weighted by Crippen LogP contribution is 2.29. The largest absolute Gasteiger partial charge is 0.384 e. The van der Waals surface area contributed by atoms with Crippen LogP contribution in [0.5, 0.6) is 0 Å². The van der Waals surface area contributed by atoms with Gasteiger partial charge in [0.2, 0.25) is 0 Å². The molecule has 18 heavy (non-hydrogen) atoms. The third kappa shape index (κ3) is 3.03. The Morgan fingerprint density at radius 1 is 1.61 bits per heavy atom. The van der Waals surface area contributed by atoms with E-state index in [1.54, 1.807) is 23.9 Å². The number of benzene rings is 1. The molecule has 0 aliphatic carbocycles. The van der Waals surface area contributed by atoms with Crippen molar-refractivity contribution in [3.63, 3.8) is 0 Å². The zero-order valence-corrected chi connectivity index (χ0v) is 11.1. The summed E-state index contributed by atoms with van der Waals surface area (Å²) in [5.74, 6) is 0.232. The van der Waals surface area contributed by atoms with Gasteiger partial charge < -0.3 is 10.5 Å². The molecule has 2 atom stereocenters. The summed E-state index contributed by atoms with van der Waals surface area (Å²) in [6.07, 6.45) is 1.27. The van der Waals surface area contributed by atoms with Crippen LogP contribution in [0.1, 0.15) is 24.5 Å². The second-order valence-corrected chi connectivity index (χ2v) is 5.66. The Kier molecular flexibility index (Phi) is 4.24. The first-order valence-electron chi connectivity index (χ1n) is 5.94. The van der Waals surface area contributed by atoms with Crippen molar-refractivity contribution in [3.05, 3.63) is 35.1 Å². The maximum absolute atomic E-state index is 13.8. The molecule has 1 fully saturated rings. The summed E-state index contributed by atoms with van der Waals surface area (Å²) < 4.78 is 19.3. The number of rotatable bonds is 4. The summed E-state index contributed by atoms with van der Waals surface area (Å²) in [7, 11) is 0. The van der Waals surface area contributed by atoms with Crippen molar-refractivity contribution in [1.29, 1.82) is 5.41 Å². The second-order valence-electron chi connectivity index (χ2n) is 4.43. The van der Waals surface area contributed by atoms with E-state index >= 15 is 0 Å². The van der Waals surface area contributed by atoms with Crippen LogP contribution in [0, 0.1) is 11.2 Å². The Bertz CT molecular complexity index is 453. The molecule has 0 saturated carbocycles. The van der Waals surface area contributed by atoms with Crippen molar-refractivity contribution >= 4 is 17.6 Å². The molecule has 1 saturated heterocycles. The van der Waals surface area contributed by atoms with Gasteiger partial charge in [0.1, 0.15) is 11.7 Å². The third-order valence-electron chi connectivity index (χ3n) is 3.12. The highest BCUT2D eigenvalue weighted by atomic mass is 32.2. The lowest BCUT2D eigenvalue weighted by Gasteiger charge is -2.13. The summed E-state index contributed by atoms with van der Waals surface area (Å²) in [4.78, 5) is 0. The standard InChI is InChI=1S/C13H17FN2OS/c1-8-12(4-5-17-8)18-7-10-3-2-9(13(15)16)6-11(10)14/h2-3,6,8,12H,4-5,7H2,1H3,(H3,15,16). The molecule has 1 heterocycles. The maximum atomic E-state index is 13.8. The average molecular weight is 268 g/mol. The van der Waals surface area contributed by atoms with Gasteiger partial charge in [0.25, 0.3) is 0 Å². The summed E-state index contributed by atoms with van der Waals surface area (Å²) in [6.45, 7) is 2.85. The molecule has 2 rings (SSSR count). The average Bonchev–Trinajstić information content (AvgIpc) is 2.73. The number of halogens is 1. The maximum Gasteiger partial charge on any atom is 0.127 e. The van der Waals surface area contributed by atoms with Crippen LogP contribution in [-0.4, -0.2) is 23.8 Å². The van der Waals surface area contributed by atoms with E-state index in [1.165, 1.54) is 6.07 Å². The van der Waals surface area contributed by atoms with Crippen LogP contribution < -0.4 is 5.73 Å². The molecule has 1 aliphatic rings. The van der Waals surface area contributed by atoms with E-state index in [1.807, 2.05) is 0 Å². The molecule has 0 aromatic heterocycles. The van der Waals surface area contributed by atoms with Gasteiger partial charge in [0, 0.05) is 23.2 Å². The Labute approximate surface area is 110 Å². The lowest BCUT2D eigenvalue weighted by atomic mass is 10.1. The van der Waals surface area contributed by atoms with E-state index in [2.05, 4.69) is 6.92 Å². The molecule has 5 heteroatoms. The molecular formula is C13H17FN2OS. The SMILES string of the molecule is CC1OCCC1SCc1ccc(C(=N)N)cc1F. The number of nitrogens with two attached hydrogens (primary N) is 1. The molecule has 1 aliphatic heterocycles. The van der Waals surface area contributed by atoms with Gasteiger partial charge in [-0.25, -0.2) is 4.39 Å². The minimum absolute atomic E-state index is 0.106. The van der Waals surface area contributed by atoms with Crippen molar-refractivity contribution < 1.29 is 9.13 Å². The van der Waals surface area contributed by atoms with Crippen molar-refractivity contribution in [2.45, 2.75) is 30.5 Å². The van der Waals surface area contributed by atoms with E-state index in [0.717, 1.165) is 13.0 Å². The van der Waals surface area contributed by atoms with Gasteiger partial charge in [-0.2, -0.15) is 11.8 Å². The first-order valence-corrected chi connectivity index (χ1v) is 6.99. The summed E-state index contributed by atoms with van der Waals surface area (Å²) >= 11 is 1.72. The molecule has 0 spiro atoms. The molecule has 0 amide bonds. The van der Waals surface area contributed by atoms with Crippen molar-refractivity contribution in [3.8, 4) is 0 Å². The number of ether oxygens (including phenoxy) is 1. The number of amidine groups is 1. The Hall–Kier alpha value is -1.07. The zero-order valence-electron chi connectivity index (χ0n) is 10.3. The molecule has 98 valence electrons. The molecule has 3 N–H and O–H groups in total. The smallest absolute Gasteiger partial charge is 0.127 e. The Balaban J connectivity index is 1.99. The minimum Gasteiger partial charge on any atom is -0.384 e. The van der Waals surface area contributed by atoms with Crippen molar-refractivity contribution in [1.82, 2.24) is 0 Å². The van der Waals surface area contributed by atoms with Gasteiger partial charge in [0.15, 0.2) is 0 Å². The quantitative estimate of drug-likeness (QED) is 0.651.